The van der Waals surface area contributed by atoms with Gasteiger partial charge in [0.1, 0.15) is 11.5 Å². The quantitative estimate of drug-likeness (QED) is 0.823. The van der Waals surface area contributed by atoms with Gasteiger partial charge in [0.15, 0.2) is 0 Å². The van der Waals surface area contributed by atoms with Crippen molar-refractivity contribution in [3.8, 4) is 11.5 Å². The summed E-state index contributed by atoms with van der Waals surface area (Å²) in [5.74, 6) is 1.79. The van der Waals surface area contributed by atoms with Crippen LogP contribution >= 0.6 is 11.8 Å². The fourth-order valence-corrected chi connectivity index (χ4v) is 2.79. The molecular weight excluding hydrogens is 246 g/mol. The van der Waals surface area contributed by atoms with Crippen LogP contribution in [0.25, 0.3) is 0 Å². The van der Waals surface area contributed by atoms with Crippen molar-refractivity contribution in [2.45, 2.75) is 24.1 Å². The molecule has 1 aliphatic carbocycles. The summed E-state index contributed by atoms with van der Waals surface area (Å²) < 4.78 is 11.1. The van der Waals surface area contributed by atoms with E-state index in [1.165, 1.54) is 12.8 Å². The molecule has 100 valence electrons. The molecule has 0 aromatic heterocycles. The Bertz CT molecular complexity index is 405. The molecule has 0 amide bonds. The molecule has 1 saturated carbocycles. The van der Waals surface area contributed by atoms with E-state index in [-0.39, 0.29) is 0 Å². The molecule has 0 heterocycles. The number of ether oxygens (including phenoxy) is 2. The summed E-state index contributed by atoms with van der Waals surface area (Å²) in [6, 6.07) is 5.91. The Balaban J connectivity index is 1.94. The van der Waals surface area contributed by atoms with E-state index in [1.807, 2.05) is 30.0 Å². The van der Waals surface area contributed by atoms with Gasteiger partial charge in [-0.3, -0.25) is 0 Å². The van der Waals surface area contributed by atoms with Gasteiger partial charge in [-0.2, -0.15) is 11.8 Å². The highest BCUT2D eigenvalue weighted by Gasteiger charge is 2.41. The number of thioether (sulfide) groups is 1. The molecule has 0 saturated heterocycles. The van der Waals surface area contributed by atoms with Crippen LogP contribution in [0.15, 0.2) is 18.2 Å². The lowest BCUT2D eigenvalue weighted by Crippen LogP contribution is -2.25. The van der Waals surface area contributed by atoms with Gasteiger partial charge >= 0.3 is 0 Å². The van der Waals surface area contributed by atoms with Crippen molar-refractivity contribution in [3.63, 3.8) is 0 Å². The number of methoxy groups -OCH3 is 2. The van der Waals surface area contributed by atoms with Crippen molar-refractivity contribution in [2.24, 2.45) is 0 Å². The highest BCUT2D eigenvalue weighted by atomic mass is 32.2. The summed E-state index contributed by atoms with van der Waals surface area (Å²) in [6.07, 6.45) is 4.85. The summed E-state index contributed by atoms with van der Waals surface area (Å²) in [5, 5.41) is 3.53. The second kappa shape index (κ2) is 5.85. The fraction of sp³-hybridized carbons (Fsp3) is 0.571. The standard InChI is InChI=1S/C14H21NO2S/c1-16-12-4-5-13(17-2)11(8-12)9-15-10-14(18-3)6-7-14/h4-5,8,15H,6-7,9-10H2,1-3H3. The average Bonchev–Trinajstić information content (AvgIpc) is 3.19. The number of nitrogens with one attached hydrogen (secondary N) is 1. The van der Waals surface area contributed by atoms with Gasteiger partial charge in [-0.05, 0) is 37.3 Å². The minimum Gasteiger partial charge on any atom is -0.497 e. The van der Waals surface area contributed by atoms with Crippen LogP contribution in [0, 0.1) is 0 Å². The maximum Gasteiger partial charge on any atom is 0.123 e. The van der Waals surface area contributed by atoms with Crippen LogP contribution in [0.4, 0.5) is 0 Å². The van der Waals surface area contributed by atoms with Gasteiger partial charge in [0.2, 0.25) is 0 Å². The molecule has 0 unspecified atom stereocenters. The Morgan fingerprint density at radius 2 is 2.06 bits per heavy atom. The van der Waals surface area contributed by atoms with Gasteiger partial charge in [-0.1, -0.05) is 0 Å². The monoisotopic (exact) mass is 267 g/mol. The molecule has 1 aromatic rings. The molecule has 1 N–H and O–H groups in total. The van der Waals surface area contributed by atoms with Gasteiger partial charge in [0.25, 0.3) is 0 Å². The molecule has 1 fully saturated rings. The largest absolute Gasteiger partial charge is 0.497 e. The zero-order valence-electron chi connectivity index (χ0n) is 11.3. The Morgan fingerprint density at radius 1 is 1.28 bits per heavy atom. The lowest BCUT2D eigenvalue weighted by Gasteiger charge is -2.15. The van der Waals surface area contributed by atoms with E-state index in [0.717, 1.165) is 30.2 Å². The van der Waals surface area contributed by atoms with Gasteiger partial charge in [-0.25, -0.2) is 0 Å². The molecule has 1 aromatic carbocycles. The number of hydrogen-bond acceptors (Lipinski definition) is 4. The molecular formula is C14H21NO2S. The summed E-state index contributed by atoms with van der Waals surface area (Å²) in [4.78, 5) is 0. The van der Waals surface area contributed by atoms with Crippen LogP contribution in [0.3, 0.4) is 0 Å². The van der Waals surface area contributed by atoms with Crippen LogP contribution < -0.4 is 14.8 Å². The van der Waals surface area contributed by atoms with E-state index in [4.69, 9.17) is 9.47 Å². The van der Waals surface area contributed by atoms with Crippen LogP contribution in [-0.2, 0) is 6.54 Å². The van der Waals surface area contributed by atoms with E-state index in [1.54, 1.807) is 14.2 Å². The summed E-state index contributed by atoms with van der Waals surface area (Å²) in [5.41, 5.74) is 1.15. The van der Waals surface area contributed by atoms with E-state index in [2.05, 4.69) is 11.6 Å². The van der Waals surface area contributed by atoms with Crippen molar-refractivity contribution < 1.29 is 9.47 Å². The van der Waals surface area contributed by atoms with Crippen LogP contribution in [0.5, 0.6) is 11.5 Å². The molecule has 0 bridgehead atoms. The molecule has 0 spiro atoms. The normalized spacial score (nSPS) is 16.4. The zero-order valence-corrected chi connectivity index (χ0v) is 12.1. The van der Waals surface area contributed by atoms with E-state index >= 15 is 0 Å². The van der Waals surface area contributed by atoms with E-state index in [9.17, 15) is 0 Å². The summed E-state index contributed by atoms with van der Waals surface area (Å²) in [7, 11) is 3.39. The predicted molar refractivity (Wildman–Crippen MR) is 76.7 cm³/mol. The summed E-state index contributed by atoms with van der Waals surface area (Å²) >= 11 is 1.97. The first-order chi connectivity index (χ1) is 8.73. The predicted octanol–water partition coefficient (Wildman–Crippen LogP) is 2.69. The second-order valence-electron chi connectivity index (χ2n) is 4.67. The van der Waals surface area contributed by atoms with E-state index < -0.39 is 0 Å². The number of rotatable bonds is 7. The third-order valence-electron chi connectivity index (χ3n) is 3.49. The van der Waals surface area contributed by atoms with Crippen molar-refractivity contribution in [2.75, 3.05) is 27.0 Å². The highest BCUT2D eigenvalue weighted by Crippen LogP contribution is 2.46. The van der Waals surface area contributed by atoms with Gasteiger partial charge in [0, 0.05) is 23.4 Å². The first-order valence-electron chi connectivity index (χ1n) is 6.20. The van der Waals surface area contributed by atoms with Crippen molar-refractivity contribution in [3.05, 3.63) is 23.8 Å². The molecule has 4 heteroatoms. The Morgan fingerprint density at radius 3 is 2.61 bits per heavy atom. The van der Waals surface area contributed by atoms with Crippen LogP contribution in [0.2, 0.25) is 0 Å². The minimum absolute atomic E-state index is 0.492. The first kappa shape index (κ1) is 13.6. The molecule has 18 heavy (non-hydrogen) atoms. The van der Waals surface area contributed by atoms with Crippen molar-refractivity contribution >= 4 is 11.8 Å². The second-order valence-corrected chi connectivity index (χ2v) is 5.94. The molecule has 0 atom stereocenters. The molecule has 3 nitrogen and oxygen atoms in total. The van der Waals surface area contributed by atoms with Gasteiger partial charge in [0.05, 0.1) is 14.2 Å². The number of benzene rings is 1. The Labute approximate surface area is 113 Å². The third-order valence-corrected chi connectivity index (χ3v) is 4.91. The van der Waals surface area contributed by atoms with Crippen LogP contribution in [-0.4, -0.2) is 31.8 Å². The lowest BCUT2D eigenvalue weighted by molar-refractivity contribution is 0.397. The molecule has 0 aliphatic heterocycles. The Kier molecular flexibility index (Phi) is 4.40. The highest BCUT2D eigenvalue weighted by molar-refractivity contribution is 8.00. The molecule has 2 rings (SSSR count). The average molecular weight is 267 g/mol. The Hall–Kier alpha value is -0.870. The topological polar surface area (TPSA) is 30.5 Å². The lowest BCUT2D eigenvalue weighted by atomic mass is 10.2. The minimum atomic E-state index is 0.492. The van der Waals surface area contributed by atoms with Crippen molar-refractivity contribution in [1.29, 1.82) is 0 Å². The first-order valence-corrected chi connectivity index (χ1v) is 7.42. The zero-order chi connectivity index (χ0) is 13.0. The SMILES string of the molecule is COc1ccc(OC)c(CNCC2(SC)CC2)c1. The third kappa shape index (κ3) is 3.12. The molecule has 1 aliphatic rings. The summed E-state index contributed by atoms with van der Waals surface area (Å²) in [6.45, 7) is 1.89. The van der Waals surface area contributed by atoms with E-state index in [0.29, 0.717) is 4.75 Å². The fourth-order valence-electron chi connectivity index (χ4n) is 2.04. The molecule has 0 radical (unpaired) electrons. The van der Waals surface area contributed by atoms with Crippen LogP contribution in [0.1, 0.15) is 18.4 Å². The van der Waals surface area contributed by atoms with Crippen molar-refractivity contribution in [1.82, 2.24) is 5.32 Å². The number of hydrogen-bond donors (Lipinski definition) is 1. The van der Waals surface area contributed by atoms with Gasteiger partial charge < -0.3 is 14.8 Å². The smallest absolute Gasteiger partial charge is 0.123 e. The van der Waals surface area contributed by atoms with Gasteiger partial charge in [-0.15, -0.1) is 0 Å². The maximum atomic E-state index is 5.37. The maximum absolute atomic E-state index is 5.37.